The summed E-state index contributed by atoms with van der Waals surface area (Å²) in [5, 5.41) is 0.995. The highest BCUT2D eigenvalue weighted by Gasteiger charge is 2.62. The number of unbranched alkanes of at least 4 members (excludes halogenated alkanes) is 1. The van der Waals surface area contributed by atoms with E-state index in [0.29, 0.717) is 18.4 Å². The number of rotatable bonds is 7. The first-order chi connectivity index (χ1) is 11.9. The third kappa shape index (κ3) is 3.52. The molecular formula is C21H30BrNO2. The summed E-state index contributed by atoms with van der Waals surface area (Å²) in [5.74, 6) is 0.727. The summed E-state index contributed by atoms with van der Waals surface area (Å²) in [7, 11) is 0. The molecule has 0 aromatic heterocycles. The fourth-order valence-corrected chi connectivity index (χ4v) is 5.07. The van der Waals surface area contributed by atoms with E-state index in [1.165, 1.54) is 5.56 Å². The zero-order valence-corrected chi connectivity index (χ0v) is 17.2. The number of carbonyl (C=O) groups excluding carboxylic acids is 1. The molecular weight excluding hydrogens is 378 g/mol. The molecule has 1 aromatic rings. The quantitative estimate of drug-likeness (QED) is 0.480. The van der Waals surface area contributed by atoms with Crippen LogP contribution in [0.3, 0.4) is 0 Å². The molecule has 25 heavy (non-hydrogen) atoms. The summed E-state index contributed by atoms with van der Waals surface area (Å²) in [6, 6.07) is 10.7. The van der Waals surface area contributed by atoms with Crippen molar-refractivity contribution in [2.75, 3.05) is 11.9 Å². The standard InChI is InChI=1S/C21H30BrNO2/c1-16(2)18-14-25-20(3)15-21(11-7-8-12-22,19(24)23(18)20)13-17-9-5-4-6-10-17/h4-6,9-10,16,18H,7-8,11-15H2,1-3H3/t18-,20-,21+/m1/s1. The van der Waals surface area contributed by atoms with E-state index >= 15 is 0 Å². The van der Waals surface area contributed by atoms with Crippen LogP contribution in [-0.4, -0.2) is 34.5 Å². The van der Waals surface area contributed by atoms with Crippen LogP contribution >= 0.6 is 15.9 Å². The molecule has 2 aliphatic heterocycles. The van der Waals surface area contributed by atoms with Gasteiger partial charge in [0.1, 0.15) is 5.72 Å². The molecule has 0 bridgehead atoms. The Hall–Kier alpha value is -0.870. The molecule has 2 saturated heterocycles. The lowest BCUT2D eigenvalue weighted by Crippen LogP contribution is -2.47. The molecule has 0 unspecified atom stereocenters. The van der Waals surface area contributed by atoms with Gasteiger partial charge in [0, 0.05) is 11.8 Å². The molecule has 3 atom stereocenters. The second-order valence-corrected chi connectivity index (χ2v) is 9.03. The Morgan fingerprint density at radius 1 is 1.28 bits per heavy atom. The Morgan fingerprint density at radius 3 is 2.64 bits per heavy atom. The Balaban J connectivity index is 1.91. The minimum absolute atomic E-state index is 0.200. The predicted octanol–water partition coefficient (Wildman–Crippen LogP) is 4.78. The topological polar surface area (TPSA) is 29.5 Å². The van der Waals surface area contributed by atoms with Gasteiger partial charge in [-0.05, 0) is 37.7 Å². The summed E-state index contributed by atoms with van der Waals surface area (Å²) in [6.07, 6.45) is 4.73. The zero-order chi connectivity index (χ0) is 18.1. The zero-order valence-electron chi connectivity index (χ0n) is 15.6. The van der Waals surface area contributed by atoms with Crippen LogP contribution in [-0.2, 0) is 16.0 Å². The van der Waals surface area contributed by atoms with E-state index in [0.717, 1.165) is 37.4 Å². The predicted molar refractivity (Wildman–Crippen MR) is 105 cm³/mol. The minimum atomic E-state index is -0.435. The molecule has 2 heterocycles. The van der Waals surface area contributed by atoms with Gasteiger partial charge in [0.25, 0.3) is 0 Å². The summed E-state index contributed by atoms with van der Waals surface area (Å²) in [5.41, 5.74) is 0.488. The summed E-state index contributed by atoms with van der Waals surface area (Å²) in [6.45, 7) is 7.16. The molecule has 0 aliphatic carbocycles. The Morgan fingerprint density at radius 2 is 2.00 bits per heavy atom. The van der Waals surface area contributed by atoms with E-state index in [1.807, 2.05) is 6.07 Å². The maximum Gasteiger partial charge on any atom is 0.231 e. The van der Waals surface area contributed by atoms with E-state index in [4.69, 9.17) is 4.74 Å². The molecule has 4 heteroatoms. The fourth-order valence-electron chi connectivity index (χ4n) is 4.68. The van der Waals surface area contributed by atoms with E-state index in [-0.39, 0.29) is 11.5 Å². The average Bonchev–Trinajstić information content (AvgIpc) is 3.01. The van der Waals surface area contributed by atoms with Gasteiger partial charge in [-0.1, -0.05) is 66.5 Å². The third-order valence-corrected chi connectivity index (χ3v) is 6.50. The number of hydrogen-bond donors (Lipinski definition) is 0. The number of ether oxygens (including phenoxy) is 1. The van der Waals surface area contributed by atoms with Crippen LogP contribution in [0.4, 0.5) is 0 Å². The number of hydrogen-bond acceptors (Lipinski definition) is 2. The van der Waals surface area contributed by atoms with Crippen molar-refractivity contribution in [3.8, 4) is 0 Å². The molecule has 0 radical (unpaired) electrons. The van der Waals surface area contributed by atoms with Gasteiger partial charge in [0.05, 0.1) is 18.1 Å². The lowest BCUT2D eigenvalue weighted by atomic mass is 9.74. The van der Waals surface area contributed by atoms with Crippen molar-refractivity contribution in [1.82, 2.24) is 4.90 Å². The van der Waals surface area contributed by atoms with Gasteiger partial charge >= 0.3 is 0 Å². The SMILES string of the molecule is CC(C)[C@H]1CO[C@]2(C)C[C@](CCCCBr)(Cc3ccccc3)C(=O)N12. The number of alkyl halides is 1. The first-order valence-electron chi connectivity index (χ1n) is 9.49. The second-order valence-electron chi connectivity index (χ2n) is 8.24. The number of benzene rings is 1. The summed E-state index contributed by atoms with van der Waals surface area (Å²) >= 11 is 3.53. The van der Waals surface area contributed by atoms with Crippen LogP contribution in [0.2, 0.25) is 0 Å². The fraction of sp³-hybridized carbons (Fsp3) is 0.667. The monoisotopic (exact) mass is 407 g/mol. The van der Waals surface area contributed by atoms with Gasteiger partial charge in [-0.2, -0.15) is 0 Å². The Labute approximate surface area is 160 Å². The van der Waals surface area contributed by atoms with Crippen molar-refractivity contribution in [3.63, 3.8) is 0 Å². The number of carbonyl (C=O) groups is 1. The number of halogens is 1. The van der Waals surface area contributed by atoms with Gasteiger partial charge < -0.3 is 9.64 Å². The van der Waals surface area contributed by atoms with E-state index in [9.17, 15) is 4.79 Å². The smallest absolute Gasteiger partial charge is 0.231 e. The highest BCUT2D eigenvalue weighted by atomic mass is 79.9. The van der Waals surface area contributed by atoms with Crippen molar-refractivity contribution < 1.29 is 9.53 Å². The van der Waals surface area contributed by atoms with Crippen LogP contribution in [0.5, 0.6) is 0 Å². The average molecular weight is 408 g/mol. The van der Waals surface area contributed by atoms with Crippen molar-refractivity contribution in [3.05, 3.63) is 35.9 Å². The maximum absolute atomic E-state index is 13.7. The van der Waals surface area contributed by atoms with Crippen molar-refractivity contribution in [2.45, 2.75) is 64.6 Å². The van der Waals surface area contributed by atoms with Crippen molar-refractivity contribution >= 4 is 21.8 Å². The van der Waals surface area contributed by atoms with Crippen LogP contribution in [0.1, 0.15) is 52.0 Å². The maximum atomic E-state index is 13.7. The van der Waals surface area contributed by atoms with Crippen LogP contribution in [0.15, 0.2) is 30.3 Å². The molecule has 0 spiro atoms. The van der Waals surface area contributed by atoms with Gasteiger partial charge in [-0.25, -0.2) is 0 Å². The van der Waals surface area contributed by atoms with E-state index < -0.39 is 5.72 Å². The highest BCUT2D eigenvalue weighted by molar-refractivity contribution is 9.09. The molecule has 3 rings (SSSR count). The lowest BCUT2D eigenvalue weighted by Gasteiger charge is -2.32. The second kappa shape index (κ2) is 7.40. The lowest BCUT2D eigenvalue weighted by molar-refractivity contribution is -0.142. The van der Waals surface area contributed by atoms with Gasteiger partial charge in [-0.15, -0.1) is 0 Å². The van der Waals surface area contributed by atoms with Crippen molar-refractivity contribution in [1.29, 1.82) is 0 Å². The third-order valence-electron chi connectivity index (χ3n) is 5.94. The molecule has 1 amide bonds. The number of nitrogens with zero attached hydrogens (tertiary/aromatic N) is 1. The van der Waals surface area contributed by atoms with Gasteiger partial charge in [0.2, 0.25) is 5.91 Å². The first kappa shape index (κ1) is 18.9. The normalized spacial score (nSPS) is 31.8. The van der Waals surface area contributed by atoms with Gasteiger partial charge in [0.15, 0.2) is 0 Å². The highest BCUT2D eigenvalue weighted by Crippen LogP contribution is 2.52. The summed E-state index contributed by atoms with van der Waals surface area (Å²) < 4.78 is 6.20. The first-order valence-corrected chi connectivity index (χ1v) is 10.6. The molecule has 138 valence electrons. The molecule has 2 aliphatic rings. The molecule has 3 nitrogen and oxygen atoms in total. The van der Waals surface area contributed by atoms with Crippen molar-refractivity contribution in [2.24, 2.45) is 11.3 Å². The largest absolute Gasteiger partial charge is 0.354 e. The molecule has 1 aromatic carbocycles. The van der Waals surface area contributed by atoms with E-state index in [1.54, 1.807) is 0 Å². The molecule has 0 N–H and O–H groups in total. The molecule has 0 saturated carbocycles. The van der Waals surface area contributed by atoms with E-state index in [2.05, 4.69) is 65.9 Å². The van der Waals surface area contributed by atoms with Crippen LogP contribution in [0.25, 0.3) is 0 Å². The minimum Gasteiger partial charge on any atom is -0.354 e. The molecule has 2 fully saturated rings. The number of amides is 1. The van der Waals surface area contributed by atoms with Crippen LogP contribution < -0.4 is 0 Å². The Kier molecular flexibility index (Phi) is 5.60. The van der Waals surface area contributed by atoms with Gasteiger partial charge in [-0.3, -0.25) is 4.79 Å². The summed E-state index contributed by atoms with van der Waals surface area (Å²) in [4.78, 5) is 15.8. The number of fused-ring (bicyclic) bond motifs is 1. The Bertz CT molecular complexity index is 605. The van der Waals surface area contributed by atoms with Crippen LogP contribution in [0, 0.1) is 11.3 Å².